The highest BCUT2D eigenvalue weighted by molar-refractivity contribution is 5.30. The maximum atomic E-state index is 5.31. The van der Waals surface area contributed by atoms with Crippen molar-refractivity contribution in [2.75, 3.05) is 45.9 Å². The van der Waals surface area contributed by atoms with Gasteiger partial charge in [-0.2, -0.15) is 4.98 Å². The predicted octanol–water partition coefficient (Wildman–Crippen LogP) is 0.869. The maximum Gasteiger partial charge on any atom is 0.226 e. The van der Waals surface area contributed by atoms with Crippen molar-refractivity contribution in [3.05, 3.63) is 11.8 Å². The van der Waals surface area contributed by atoms with Crippen LogP contribution in [0.5, 0.6) is 5.88 Å². The fourth-order valence-corrected chi connectivity index (χ4v) is 1.20. The van der Waals surface area contributed by atoms with Gasteiger partial charge in [-0.25, -0.2) is 4.98 Å². The van der Waals surface area contributed by atoms with Gasteiger partial charge in [0.15, 0.2) is 0 Å². The Labute approximate surface area is 101 Å². The Balaban J connectivity index is 2.28. The molecule has 6 heteroatoms. The van der Waals surface area contributed by atoms with E-state index in [0.717, 1.165) is 5.69 Å². The normalized spacial score (nSPS) is 10.3. The number of aromatic nitrogens is 2. The van der Waals surface area contributed by atoms with E-state index in [-0.39, 0.29) is 0 Å². The second kappa shape index (κ2) is 7.81. The van der Waals surface area contributed by atoms with Gasteiger partial charge < -0.3 is 19.5 Å². The number of rotatable bonds is 8. The van der Waals surface area contributed by atoms with Crippen LogP contribution in [0.3, 0.4) is 0 Å². The van der Waals surface area contributed by atoms with Crippen LogP contribution in [-0.2, 0) is 9.47 Å². The number of hydrogen-bond donors (Lipinski definition) is 1. The summed E-state index contributed by atoms with van der Waals surface area (Å²) in [5.41, 5.74) is 0.861. The molecule has 0 fully saturated rings. The van der Waals surface area contributed by atoms with Crippen LogP contribution in [-0.4, -0.2) is 50.6 Å². The highest BCUT2D eigenvalue weighted by Crippen LogP contribution is 2.10. The first-order valence-corrected chi connectivity index (χ1v) is 5.46. The van der Waals surface area contributed by atoms with Crippen molar-refractivity contribution in [2.45, 2.75) is 6.92 Å². The van der Waals surface area contributed by atoms with E-state index in [0.29, 0.717) is 38.2 Å². The lowest BCUT2D eigenvalue weighted by Gasteiger charge is -2.07. The van der Waals surface area contributed by atoms with E-state index < -0.39 is 0 Å². The average molecular weight is 241 g/mol. The molecule has 6 nitrogen and oxygen atoms in total. The number of nitrogens with zero attached hydrogens (tertiary/aromatic N) is 2. The first-order chi connectivity index (χ1) is 8.26. The van der Waals surface area contributed by atoms with Gasteiger partial charge in [-0.3, -0.25) is 0 Å². The predicted molar refractivity (Wildman–Crippen MR) is 64.5 cm³/mol. The summed E-state index contributed by atoms with van der Waals surface area (Å²) in [7, 11) is 3.23. The summed E-state index contributed by atoms with van der Waals surface area (Å²) in [5.74, 6) is 1.11. The highest BCUT2D eigenvalue weighted by atomic mass is 16.5. The van der Waals surface area contributed by atoms with Gasteiger partial charge >= 0.3 is 0 Å². The van der Waals surface area contributed by atoms with E-state index in [9.17, 15) is 0 Å². The second-order valence-corrected chi connectivity index (χ2v) is 3.41. The highest BCUT2D eigenvalue weighted by Gasteiger charge is 2.01. The number of aryl methyl sites for hydroxylation is 1. The smallest absolute Gasteiger partial charge is 0.226 e. The van der Waals surface area contributed by atoms with E-state index in [2.05, 4.69) is 15.3 Å². The molecule has 0 unspecified atom stereocenters. The Bertz CT molecular complexity index is 334. The molecule has 0 saturated heterocycles. The topological polar surface area (TPSA) is 65.5 Å². The minimum Gasteiger partial charge on any atom is -0.481 e. The molecule has 17 heavy (non-hydrogen) atoms. The van der Waals surface area contributed by atoms with E-state index in [1.807, 2.05) is 6.92 Å². The van der Waals surface area contributed by atoms with Crippen molar-refractivity contribution in [3.8, 4) is 5.88 Å². The minimum atomic E-state index is 0.553. The van der Waals surface area contributed by atoms with E-state index in [1.165, 1.54) is 0 Å². The van der Waals surface area contributed by atoms with Gasteiger partial charge in [0.2, 0.25) is 11.8 Å². The molecule has 0 radical (unpaired) electrons. The summed E-state index contributed by atoms with van der Waals surface area (Å²) < 4.78 is 15.2. The number of anilines is 1. The molecule has 0 aliphatic heterocycles. The van der Waals surface area contributed by atoms with Crippen LogP contribution < -0.4 is 10.1 Å². The van der Waals surface area contributed by atoms with Gasteiger partial charge in [-0.15, -0.1) is 0 Å². The minimum absolute atomic E-state index is 0.553. The van der Waals surface area contributed by atoms with Crippen LogP contribution in [0.4, 0.5) is 5.95 Å². The molecule has 0 atom stereocenters. The number of methoxy groups -OCH3 is 2. The summed E-state index contributed by atoms with van der Waals surface area (Å²) in [6, 6.07) is 1.78. The van der Waals surface area contributed by atoms with Crippen molar-refractivity contribution >= 4 is 5.95 Å². The lowest BCUT2D eigenvalue weighted by atomic mass is 10.4. The lowest BCUT2D eigenvalue weighted by Crippen LogP contribution is -2.14. The summed E-state index contributed by atoms with van der Waals surface area (Å²) >= 11 is 0. The number of ether oxygens (including phenoxy) is 3. The monoisotopic (exact) mass is 241 g/mol. The lowest BCUT2D eigenvalue weighted by molar-refractivity contribution is 0.0758. The van der Waals surface area contributed by atoms with Crippen LogP contribution in [0.15, 0.2) is 6.07 Å². The summed E-state index contributed by atoms with van der Waals surface area (Å²) in [5, 5.41) is 3.07. The van der Waals surface area contributed by atoms with E-state index in [1.54, 1.807) is 20.3 Å². The molecule has 1 N–H and O–H groups in total. The second-order valence-electron chi connectivity index (χ2n) is 3.41. The van der Waals surface area contributed by atoms with E-state index in [4.69, 9.17) is 14.2 Å². The molecule has 1 aromatic heterocycles. The van der Waals surface area contributed by atoms with Crippen molar-refractivity contribution < 1.29 is 14.2 Å². The summed E-state index contributed by atoms with van der Waals surface area (Å²) in [6.07, 6.45) is 0. The van der Waals surface area contributed by atoms with Gasteiger partial charge in [0.1, 0.15) is 0 Å². The van der Waals surface area contributed by atoms with Crippen molar-refractivity contribution in [1.82, 2.24) is 9.97 Å². The summed E-state index contributed by atoms with van der Waals surface area (Å²) in [4.78, 5) is 8.39. The molecule has 0 aliphatic carbocycles. The fraction of sp³-hybridized carbons (Fsp3) is 0.636. The van der Waals surface area contributed by atoms with Crippen molar-refractivity contribution in [1.29, 1.82) is 0 Å². The molecule has 0 saturated carbocycles. The first-order valence-electron chi connectivity index (χ1n) is 5.46. The van der Waals surface area contributed by atoms with Gasteiger partial charge in [0, 0.05) is 25.4 Å². The molecule has 0 aliphatic rings. The van der Waals surface area contributed by atoms with Gasteiger partial charge in [0.25, 0.3) is 0 Å². The van der Waals surface area contributed by atoms with Crippen LogP contribution in [0.25, 0.3) is 0 Å². The maximum absolute atomic E-state index is 5.31. The van der Waals surface area contributed by atoms with Crippen molar-refractivity contribution in [2.24, 2.45) is 0 Å². The Morgan fingerprint density at radius 3 is 2.71 bits per heavy atom. The third-order valence-corrected chi connectivity index (χ3v) is 2.00. The standard InChI is InChI=1S/C11H19N3O3/c1-9-8-10(16-3)14-11(13-9)12-4-5-17-7-6-15-2/h8H,4-7H2,1-3H3,(H,12,13,14). The average Bonchev–Trinajstić information content (AvgIpc) is 2.33. The first kappa shape index (κ1) is 13.7. The summed E-state index contributed by atoms with van der Waals surface area (Å²) in [6.45, 7) is 4.33. The Hall–Kier alpha value is -1.40. The van der Waals surface area contributed by atoms with Crippen LogP contribution in [0.2, 0.25) is 0 Å². The molecule has 96 valence electrons. The molecule has 1 heterocycles. The zero-order chi connectivity index (χ0) is 12.5. The molecule has 0 spiro atoms. The molecule has 0 amide bonds. The van der Waals surface area contributed by atoms with Gasteiger partial charge in [-0.05, 0) is 6.92 Å². The Kier molecular flexibility index (Phi) is 6.27. The van der Waals surface area contributed by atoms with Crippen LogP contribution >= 0.6 is 0 Å². The molecule has 1 rings (SSSR count). The third-order valence-electron chi connectivity index (χ3n) is 2.00. The molecular formula is C11H19N3O3. The zero-order valence-electron chi connectivity index (χ0n) is 10.5. The largest absolute Gasteiger partial charge is 0.481 e. The Morgan fingerprint density at radius 2 is 2.00 bits per heavy atom. The molecule has 0 aromatic carbocycles. The van der Waals surface area contributed by atoms with Crippen molar-refractivity contribution in [3.63, 3.8) is 0 Å². The van der Waals surface area contributed by atoms with E-state index >= 15 is 0 Å². The molecule has 1 aromatic rings. The Morgan fingerprint density at radius 1 is 1.18 bits per heavy atom. The SMILES string of the molecule is COCCOCCNc1nc(C)cc(OC)n1. The third kappa shape index (κ3) is 5.46. The molecule has 0 bridgehead atoms. The van der Waals surface area contributed by atoms with Crippen LogP contribution in [0, 0.1) is 6.92 Å². The molecular weight excluding hydrogens is 222 g/mol. The zero-order valence-corrected chi connectivity index (χ0v) is 10.5. The number of nitrogens with one attached hydrogen (secondary N) is 1. The fourth-order valence-electron chi connectivity index (χ4n) is 1.20. The van der Waals surface area contributed by atoms with Crippen LogP contribution in [0.1, 0.15) is 5.69 Å². The van der Waals surface area contributed by atoms with Gasteiger partial charge in [0.05, 0.1) is 26.9 Å². The van der Waals surface area contributed by atoms with Gasteiger partial charge in [-0.1, -0.05) is 0 Å². The number of hydrogen-bond acceptors (Lipinski definition) is 6. The quantitative estimate of drug-likeness (QED) is 0.681.